The Kier molecular flexibility index (Phi) is 5.87. The molecule has 9 heteroatoms. The first kappa shape index (κ1) is 18.8. The molecule has 7 nitrogen and oxygen atoms in total. The summed E-state index contributed by atoms with van der Waals surface area (Å²) in [4.78, 5) is 16.7. The van der Waals surface area contributed by atoms with Crippen LogP contribution < -0.4 is 0 Å². The summed E-state index contributed by atoms with van der Waals surface area (Å²) in [6.45, 7) is 3.23. The van der Waals surface area contributed by atoms with Crippen LogP contribution in [0.25, 0.3) is 11.0 Å². The highest BCUT2D eigenvalue weighted by atomic mass is 35.5. The lowest BCUT2D eigenvalue weighted by molar-refractivity contribution is 0.0486. The standard InChI is InChI=1S/C17H18N4O3S.ClH/c22-15(16-2-1-9-24-16)11-20-5-7-21(8-6-20)17(23)12-3-4-13-14(10-12)19-25-18-13;/h1-4,9-10,15,22H,5-8,11H2;1H. The van der Waals surface area contributed by atoms with Gasteiger partial charge in [0.2, 0.25) is 0 Å². The van der Waals surface area contributed by atoms with Crippen molar-refractivity contribution < 1.29 is 14.3 Å². The largest absolute Gasteiger partial charge is 0.467 e. The number of hydrogen-bond acceptors (Lipinski definition) is 7. The van der Waals surface area contributed by atoms with E-state index in [4.69, 9.17) is 4.42 Å². The lowest BCUT2D eigenvalue weighted by atomic mass is 10.1. The molecule has 26 heavy (non-hydrogen) atoms. The lowest BCUT2D eigenvalue weighted by Gasteiger charge is -2.35. The number of aliphatic hydroxyl groups is 1. The molecule has 0 saturated carbocycles. The van der Waals surface area contributed by atoms with Crippen molar-refractivity contribution in [2.45, 2.75) is 6.10 Å². The smallest absolute Gasteiger partial charge is 0.254 e. The van der Waals surface area contributed by atoms with E-state index in [-0.39, 0.29) is 18.3 Å². The third kappa shape index (κ3) is 3.88. The molecule has 1 aliphatic rings. The number of piperazine rings is 1. The molecule has 1 aromatic carbocycles. The number of furan rings is 1. The predicted octanol–water partition coefficient (Wildman–Crippen LogP) is 2.20. The van der Waals surface area contributed by atoms with Crippen molar-refractivity contribution in [3.8, 4) is 0 Å². The summed E-state index contributed by atoms with van der Waals surface area (Å²) < 4.78 is 13.6. The van der Waals surface area contributed by atoms with Gasteiger partial charge in [-0.2, -0.15) is 8.75 Å². The highest BCUT2D eigenvalue weighted by Crippen LogP contribution is 2.18. The number of hydrogen-bond donors (Lipinski definition) is 1. The molecule has 1 N–H and O–H groups in total. The number of aliphatic hydroxyl groups excluding tert-OH is 1. The molecule has 2 aromatic heterocycles. The highest BCUT2D eigenvalue weighted by Gasteiger charge is 2.24. The second-order valence-corrected chi connectivity index (χ2v) is 6.62. The maximum Gasteiger partial charge on any atom is 0.254 e. The second kappa shape index (κ2) is 8.13. The number of amides is 1. The van der Waals surface area contributed by atoms with Crippen LogP contribution in [0.1, 0.15) is 22.2 Å². The Morgan fingerprint density at radius 3 is 2.69 bits per heavy atom. The average Bonchev–Trinajstić information content (AvgIpc) is 3.32. The fraction of sp³-hybridized carbons (Fsp3) is 0.353. The van der Waals surface area contributed by atoms with E-state index in [0.717, 1.165) is 35.9 Å². The highest BCUT2D eigenvalue weighted by molar-refractivity contribution is 7.00. The fourth-order valence-corrected chi connectivity index (χ4v) is 3.56. The van der Waals surface area contributed by atoms with Crippen molar-refractivity contribution in [1.29, 1.82) is 0 Å². The third-order valence-electron chi connectivity index (χ3n) is 4.46. The molecule has 1 aliphatic heterocycles. The van der Waals surface area contributed by atoms with E-state index in [2.05, 4.69) is 13.6 Å². The van der Waals surface area contributed by atoms with Gasteiger partial charge in [0, 0.05) is 38.3 Å². The summed E-state index contributed by atoms with van der Waals surface area (Å²) >= 11 is 1.15. The van der Waals surface area contributed by atoms with Gasteiger partial charge in [0.25, 0.3) is 5.91 Å². The van der Waals surface area contributed by atoms with E-state index in [0.29, 0.717) is 31.0 Å². The molecule has 0 radical (unpaired) electrons. The summed E-state index contributed by atoms with van der Waals surface area (Å²) in [5.74, 6) is 0.588. The minimum absolute atomic E-state index is 0. The molecule has 0 bridgehead atoms. The Hall–Kier alpha value is -2.00. The van der Waals surface area contributed by atoms with Gasteiger partial charge in [0.15, 0.2) is 0 Å². The number of carbonyl (C=O) groups is 1. The molecule has 1 saturated heterocycles. The van der Waals surface area contributed by atoms with E-state index in [1.54, 1.807) is 30.5 Å². The molecule has 4 rings (SSSR count). The van der Waals surface area contributed by atoms with Gasteiger partial charge in [-0.3, -0.25) is 9.69 Å². The number of nitrogens with zero attached hydrogens (tertiary/aromatic N) is 4. The Morgan fingerprint density at radius 1 is 1.19 bits per heavy atom. The Morgan fingerprint density at radius 2 is 1.96 bits per heavy atom. The quantitative estimate of drug-likeness (QED) is 0.730. The van der Waals surface area contributed by atoms with E-state index >= 15 is 0 Å². The van der Waals surface area contributed by atoms with Crippen LogP contribution in [0, 0.1) is 0 Å². The van der Waals surface area contributed by atoms with Gasteiger partial charge in [0.05, 0.1) is 18.0 Å². The van der Waals surface area contributed by atoms with Gasteiger partial charge < -0.3 is 14.4 Å². The SMILES string of the molecule is Cl.O=C(c1ccc2nsnc2c1)N1CCN(CC(O)c2ccco2)CC1. The lowest BCUT2D eigenvalue weighted by Crippen LogP contribution is -2.49. The molecule has 1 unspecified atom stereocenters. The summed E-state index contributed by atoms with van der Waals surface area (Å²) in [6.07, 6.45) is 0.918. The first-order valence-electron chi connectivity index (χ1n) is 8.16. The van der Waals surface area contributed by atoms with Gasteiger partial charge in [-0.15, -0.1) is 12.4 Å². The number of halogens is 1. The molecule has 0 spiro atoms. The zero-order valence-electron chi connectivity index (χ0n) is 13.9. The monoisotopic (exact) mass is 394 g/mol. The maximum atomic E-state index is 12.7. The number of benzene rings is 1. The maximum absolute atomic E-state index is 12.7. The van der Waals surface area contributed by atoms with Crippen molar-refractivity contribution in [2.75, 3.05) is 32.7 Å². The van der Waals surface area contributed by atoms with Crippen LogP contribution in [-0.2, 0) is 0 Å². The molecule has 138 valence electrons. The zero-order valence-corrected chi connectivity index (χ0v) is 15.6. The van der Waals surface area contributed by atoms with Gasteiger partial charge in [-0.1, -0.05) is 0 Å². The number of β-amino-alcohol motifs (C(OH)–C–C–N with tert-alkyl or cyclic N) is 1. The molecule has 1 amide bonds. The average molecular weight is 395 g/mol. The van der Waals surface area contributed by atoms with Crippen molar-refractivity contribution in [1.82, 2.24) is 18.5 Å². The van der Waals surface area contributed by atoms with Crippen LogP contribution in [0.15, 0.2) is 41.0 Å². The summed E-state index contributed by atoms with van der Waals surface area (Å²) in [6, 6.07) is 8.98. The molecule has 0 aliphatic carbocycles. The fourth-order valence-electron chi connectivity index (χ4n) is 3.05. The minimum Gasteiger partial charge on any atom is -0.467 e. The van der Waals surface area contributed by atoms with E-state index in [1.165, 1.54) is 0 Å². The summed E-state index contributed by atoms with van der Waals surface area (Å²) in [5.41, 5.74) is 2.22. The molecule has 3 aromatic rings. The Labute approximate surface area is 161 Å². The van der Waals surface area contributed by atoms with Crippen LogP contribution >= 0.6 is 24.1 Å². The van der Waals surface area contributed by atoms with E-state index in [1.807, 2.05) is 11.0 Å². The normalized spacial score (nSPS) is 16.4. The van der Waals surface area contributed by atoms with Crippen LogP contribution in [0.4, 0.5) is 0 Å². The van der Waals surface area contributed by atoms with Gasteiger partial charge in [-0.05, 0) is 30.3 Å². The molecule has 1 fully saturated rings. The number of carbonyl (C=O) groups excluding carboxylic acids is 1. The Balaban J connectivity index is 0.00000196. The summed E-state index contributed by atoms with van der Waals surface area (Å²) in [7, 11) is 0. The molecular formula is C17H19ClN4O3S. The molecule has 3 heterocycles. The van der Waals surface area contributed by atoms with Crippen LogP contribution in [0.2, 0.25) is 0 Å². The summed E-state index contributed by atoms with van der Waals surface area (Å²) in [5, 5.41) is 10.2. The minimum atomic E-state index is -0.642. The molecule has 1 atom stereocenters. The zero-order chi connectivity index (χ0) is 17.2. The van der Waals surface area contributed by atoms with Crippen molar-refractivity contribution in [2.24, 2.45) is 0 Å². The topological polar surface area (TPSA) is 82.7 Å². The first-order chi connectivity index (χ1) is 12.2. The van der Waals surface area contributed by atoms with E-state index < -0.39 is 6.10 Å². The van der Waals surface area contributed by atoms with Gasteiger partial charge >= 0.3 is 0 Å². The van der Waals surface area contributed by atoms with Crippen LogP contribution in [0.5, 0.6) is 0 Å². The van der Waals surface area contributed by atoms with Gasteiger partial charge in [-0.25, -0.2) is 0 Å². The number of fused-ring (bicyclic) bond motifs is 1. The second-order valence-electron chi connectivity index (χ2n) is 6.09. The predicted molar refractivity (Wildman–Crippen MR) is 101 cm³/mol. The first-order valence-corrected chi connectivity index (χ1v) is 8.89. The van der Waals surface area contributed by atoms with E-state index in [9.17, 15) is 9.90 Å². The number of rotatable bonds is 4. The molecular weight excluding hydrogens is 376 g/mol. The van der Waals surface area contributed by atoms with Crippen molar-refractivity contribution in [3.63, 3.8) is 0 Å². The van der Waals surface area contributed by atoms with Crippen molar-refractivity contribution >= 4 is 41.1 Å². The third-order valence-corrected chi connectivity index (χ3v) is 5.02. The van der Waals surface area contributed by atoms with Crippen molar-refractivity contribution in [3.05, 3.63) is 47.9 Å². The Bertz CT molecular complexity index is 862. The number of aromatic nitrogens is 2. The van der Waals surface area contributed by atoms with Gasteiger partial charge in [0.1, 0.15) is 22.9 Å². The van der Waals surface area contributed by atoms with Crippen LogP contribution in [-0.4, -0.2) is 62.3 Å². The van der Waals surface area contributed by atoms with Crippen LogP contribution in [0.3, 0.4) is 0 Å².